The van der Waals surface area contributed by atoms with E-state index in [4.69, 9.17) is 15.2 Å². The zero-order valence-electron chi connectivity index (χ0n) is 21.3. The second-order valence-corrected chi connectivity index (χ2v) is 9.59. The largest absolute Gasteiger partial charge is 0.467 e. The van der Waals surface area contributed by atoms with Crippen molar-refractivity contribution in [1.29, 1.82) is 0 Å². The Balaban J connectivity index is 1.45. The maximum absolute atomic E-state index is 11.9. The third kappa shape index (κ3) is 5.22. The lowest BCUT2D eigenvalue weighted by atomic mass is 9.90. The van der Waals surface area contributed by atoms with Crippen LogP contribution >= 0.6 is 0 Å². The monoisotopic (exact) mass is 516 g/mol. The number of nitrogens with two attached hydrogens (primary N) is 1. The zero-order valence-corrected chi connectivity index (χ0v) is 21.3. The number of aromatic amines is 1. The van der Waals surface area contributed by atoms with Gasteiger partial charge in [-0.2, -0.15) is 0 Å². The van der Waals surface area contributed by atoms with Crippen LogP contribution in [0.3, 0.4) is 0 Å². The van der Waals surface area contributed by atoms with Gasteiger partial charge >= 0.3 is 0 Å². The molecular formula is C31H28N6O2. The highest BCUT2D eigenvalue weighted by Gasteiger charge is 2.26. The summed E-state index contributed by atoms with van der Waals surface area (Å²) in [6, 6.07) is 26.1. The highest BCUT2D eigenvalue weighted by molar-refractivity contribution is 5.90. The Morgan fingerprint density at radius 1 is 0.949 bits per heavy atom. The molecule has 1 amide bonds. The van der Waals surface area contributed by atoms with Crippen molar-refractivity contribution in [2.24, 2.45) is 5.73 Å². The van der Waals surface area contributed by atoms with Gasteiger partial charge in [-0.05, 0) is 59.9 Å². The molecule has 0 fully saturated rings. The van der Waals surface area contributed by atoms with E-state index in [1.165, 1.54) is 5.56 Å². The molecule has 0 aliphatic carbocycles. The smallest absolute Gasteiger partial charge is 0.267 e. The Morgan fingerprint density at radius 3 is 2.62 bits per heavy atom. The Labute approximate surface area is 225 Å². The van der Waals surface area contributed by atoms with E-state index in [2.05, 4.69) is 56.0 Å². The zero-order chi connectivity index (χ0) is 26.6. The molecule has 194 valence electrons. The molecular weight excluding hydrogens is 488 g/mol. The van der Waals surface area contributed by atoms with Crippen molar-refractivity contribution < 1.29 is 9.21 Å². The van der Waals surface area contributed by atoms with Gasteiger partial charge in [-0.25, -0.2) is 0 Å². The quantitative estimate of drug-likeness (QED) is 0.264. The second kappa shape index (κ2) is 10.8. The van der Waals surface area contributed by atoms with Crippen molar-refractivity contribution in [3.8, 4) is 0 Å². The molecule has 0 aliphatic rings. The summed E-state index contributed by atoms with van der Waals surface area (Å²) < 4.78 is 7.91. The number of H-pyrrole nitrogens is 1. The number of aromatic nitrogens is 5. The number of carbonyl (C=O) groups is 1. The Kier molecular flexibility index (Phi) is 6.74. The van der Waals surface area contributed by atoms with Gasteiger partial charge in [0, 0.05) is 29.7 Å². The summed E-state index contributed by atoms with van der Waals surface area (Å²) >= 11 is 0. The summed E-state index contributed by atoms with van der Waals surface area (Å²) in [5, 5.41) is 10.6. The lowest BCUT2D eigenvalue weighted by Crippen LogP contribution is -2.17. The minimum absolute atomic E-state index is 0.155. The molecule has 4 aromatic heterocycles. The van der Waals surface area contributed by atoms with Crippen molar-refractivity contribution in [3.63, 3.8) is 0 Å². The molecule has 8 heteroatoms. The van der Waals surface area contributed by atoms with Crippen LogP contribution in [0, 0.1) is 0 Å². The number of aryl methyl sites for hydroxylation is 2. The number of nitrogens with zero attached hydrogens (tertiary/aromatic N) is 4. The third-order valence-corrected chi connectivity index (χ3v) is 7.06. The number of primary amides is 1. The molecule has 0 aliphatic heterocycles. The van der Waals surface area contributed by atoms with Gasteiger partial charge in [0.25, 0.3) is 5.91 Å². The van der Waals surface area contributed by atoms with Gasteiger partial charge in [0.1, 0.15) is 23.1 Å². The molecule has 39 heavy (non-hydrogen) atoms. The molecule has 8 nitrogen and oxygen atoms in total. The topological polar surface area (TPSA) is 116 Å². The van der Waals surface area contributed by atoms with Crippen LogP contribution in [0.5, 0.6) is 0 Å². The highest BCUT2D eigenvalue weighted by Crippen LogP contribution is 2.34. The van der Waals surface area contributed by atoms with E-state index >= 15 is 0 Å². The van der Waals surface area contributed by atoms with E-state index in [1.807, 2.05) is 42.6 Å². The van der Waals surface area contributed by atoms with Crippen LogP contribution < -0.4 is 5.73 Å². The van der Waals surface area contributed by atoms with Gasteiger partial charge in [0.05, 0.1) is 18.7 Å². The number of benzene rings is 2. The van der Waals surface area contributed by atoms with Crippen LogP contribution in [0.1, 0.15) is 50.5 Å². The van der Waals surface area contributed by atoms with E-state index in [1.54, 1.807) is 18.5 Å². The van der Waals surface area contributed by atoms with Gasteiger partial charge in [-0.15, -0.1) is 10.2 Å². The SMILES string of the molecule is NC(=O)c1cc(C[C@H](c2c[nH]c3ccccc23)c2nnc(CCc3ccccc3)n2Cc2ccco2)ccn1. The van der Waals surface area contributed by atoms with Gasteiger partial charge in [0.2, 0.25) is 0 Å². The number of hydrogen-bond donors (Lipinski definition) is 2. The van der Waals surface area contributed by atoms with Crippen LogP contribution in [0.4, 0.5) is 0 Å². The molecule has 3 N–H and O–H groups in total. The first kappa shape index (κ1) is 24.4. The van der Waals surface area contributed by atoms with Crippen LogP contribution in [-0.2, 0) is 25.8 Å². The van der Waals surface area contributed by atoms with E-state index in [-0.39, 0.29) is 11.6 Å². The van der Waals surface area contributed by atoms with Gasteiger partial charge in [0.15, 0.2) is 0 Å². The number of furan rings is 1. The van der Waals surface area contributed by atoms with Gasteiger partial charge < -0.3 is 19.7 Å². The van der Waals surface area contributed by atoms with Crippen LogP contribution in [0.2, 0.25) is 0 Å². The predicted octanol–water partition coefficient (Wildman–Crippen LogP) is 5.05. The van der Waals surface area contributed by atoms with E-state index in [0.29, 0.717) is 13.0 Å². The Bertz CT molecular complexity index is 1700. The molecule has 2 aromatic carbocycles. The summed E-state index contributed by atoms with van der Waals surface area (Å²) in [6.07, 6.45) is 7.52. The molecule has 1 atom stereocenters. The standard InChI is InChI=1S/C31H28N6O2/c32-30(38)28-18-22(14-15-33-28)17-25(26-19-34-27-11-5-4-10-24(26)27)31-36-35-29(13-12-21-7-2-1-3-8-21)37(31)20-23-9-6-16-39-23/h1-11,14-16,18-19,25,34H,12-13,17,20H2,(H2,32,38)/t25-/m1/s1. The third-order valence-electron chi connectivity index (χ3n) is 7.06. The average Bonchev–Trinajstić information content (AvgIpc) is 3.72. The van der Waals surface area contributed by atoms with Crippen LogP contribution in [0.15, 0.2) is 102 Å². The van der Waals surface area contributed by atoms with Crippen LogP contribution in [0.25, 0.3) is 10.9 Å². The molecule has 0 unspecified atom stereocenters. The molecule has 0 bridgehead atoms. The van der Waals surface area contributed by atoms with E-state index < -0.39 is 5.91 Å². The fraction of sp³-hybridized carbons (Fsp3) is 0.161. The fourth-order valence-corrected chi connectivity index (χ4v) is 5.12. The maximum Gasteiger partial charge on any atom is 0.267 e. The molecule has 6 aromatic rings. The number of rotatable bonds is 10. The summed E-state index contributed by atoms with van der Waals surface area (Å²) in [7, 11) is 0. The number of amides is 1. The molecule has 6 rings (SSSR count). The minimum Gasteiger partial charge on any atom is -0.467 e. The first-order chi connectivity index (χ1) is 19.2. The summed E-state index contributed by atoms with van der Waals surface area (Å²) in [5.74, 6) is 1.84. The first-order valence-electron chi connectivity index (χ1n) is 12.9. The van der Waals surface area contributed by atoms with Crippen molar-refractivity contribution in [2.75, 3.05) is 0 Å². The van der Waals surface area contributed by atoms with Gasteiger partial charge in [-0.1, -0.05) is 48.5 Å². The van der Waals surface area contributed by atoms with Crippen molar-refractivity contribution >= 4 is 16.8 Å². The number of fused-ring (bicyclic) bond motifs is 1. The van der Waals surface area contributed by atoms with Crippen molar-refractivity contribution in [2.45, 2.75) is 31.7 Å². The maximum atomic E-state index is 11.9. The lowest BCUT2D eigenvalue weighted by molar-refractivity contribution is 0.0995. The molecule has 0 saturated carbocycles. The summed E-state index contributed by atoms with van der Waals surface area (Å²) in [4.78, 5) is 19.4. The minimum atomic E-state index is -0.551. The normalized spacial score (nSPS) is 12.1. The number of nitrogens with one attached hydrogen (secondary N) is 1. The Hall–Kier alpha value is -4.98. The molecule has 0 saturated heterocycles. The predicted molar refractivity (Wildman–Crippen MR) is 148 cm³/mol. The summed E-state index contributed by atoms with van der Waals surface area (Å²) in [5.41, 5.74) is 10.1. The molecule has 0 radical (unpaired) electrons. The van der Waals surface area contributed by atoms with E-state index in [0.717, 1.165) is 52.3 Å². The van der Waals surface area contributed by atoms with Crippen molar-refractivity contribution in [1.82, 2.24) is 24.7 Å². The van der Waals surface area contributed by atoms with Crippen molar-refractivity contribution in [3.05, 3.63) is 137 Å². The average molecular weight is 517 g/mol. The number of carbonyl (C=O) groups excluding carboxylic acids is 1. The molecule has 0 spiro atoms. The second-order valence-electron chi connectivity index (χ2n) is 9.59. The number of para-hydroxylation sites is 1. The fourth-order valence-electron chi connectivity index (χ4n) is 5.12. The van der Waals surface area contributed by atoms with Gasteiger partial charge in [-0.3, -0.25) is 9.78 Å². The lowest BCUT2D eigenvalue weighted by Gasteiger charge is -2.19. The highest BCUT2D eigenvalue weighted by atomic mass is 16.3. The number of hydrogen-bond acceptors (Lipinski definition) is 5. The number of pyridine rings is 1. The van der Waals surface area contributed by atoms with Crippen LogP contribution in [-0.4, -0.2) is 30.6 Å². The van der Waals surface area contributed by atoms with E-state index in [9.17, 15) is 4.79 Å². The summed E-state index contributed by atoms with van der Waals surface area (Å²) in [6.45, 7) is 0.515. The Morgan fingerprint density at radius 2 is 1.79 bits per heavy atom. The first-order valence-corrected chi connectivity index (χ1v) is 12.9. The molecule has 4 heterocycles.